The van der Waals surface area contributed by atoms with E-state index in [1.54, 1.807) is 29.2 Å². The second-order valence-corrected chi connectivity index (χ2v) is 9.66. The van der Waals surface area contributed by atoms with Gasteiger partial charge in [0.2, 0.25) is 17.7 Å². The Morgan fingerprint density at radius 2 is 1.74 bits per heavy atom. The van der Waals surface area contributed by atoms with Gasteiger partial charge in [0.05, 0.1) is 5.02 Å². The molecule has 0 atom stereocenters. The normalized spacial score (nSPS) is 24.6. The van der Waals surface area contributed by atoms with Crippen molar-refractivity contribution in [2.24, 2.45) is 0 Å². The van der Waals surface area contributed by atoms with Gasteiger partial charge < -0.3 is 9.32 Å². The first-order valence-corrected chi connectivity index (χ1v) is 11.6. The zero-order valence-corrected chi connectivity index (χ0v) is 18.9. The van der Waals surface area contributed by atoms with Crippen molar-refractivity contribution < 1.29 is 18.4 Å². The second kappa shape index (κ2) is 7.87. The first-order valence-electron chi connectivity index (χ1n) is 11.2. The van der Waals surface area contributed by atoms with E-state index in [-0.39, 0.29) is 36.6 Å². The molecule has 1 aromatic carbocycles. The zero-order valence-electron chi connectivity index (χ0n) is 18.2. The van der Waals surface area contributed by atoms with Crippen LogP contribution >= 0.6 is 11.6 Å². The summed E-state index contributed by atoms with van der Waals surface area (Å²) in [7, 11) is 0. The van der Waals surface area contributed by atoms with E-state index in [1.807, 2.05) is 0 Å². The van der Waals surface area contributed by atoms with Gasteiger partial charge in [0.15, 0.2) is 0 Å². The summed E-state index contributed by atoms with van der Waals surface area (Å²) in [5.74, 6) is 0.992. The van der Waals surface area contributed by atoms with Crippen LogP contribution in [-0.4, -0.2) is 44.0 Å². The molecule has 3 aromatic rings. The summed E-state index contributed by atoms with van der Waals surface area (Å²) in [5.41, 5.74) is -0.318. The summed E-state index contributed by atoms with van der Waals surface area (Å²) in [6, 6.07) is 9.23. The molecule has 1 aliphatic heterocycles. The van der Waals surface area contributed by atoms with Crippen molar-refractivity contribution in [3.05, 3.63) is 70.8 Å². The third-order valence-corrected chi connectivity index (χ3v) is 7.12. The highest BCUT2D eigenvalue weighted by Gasteiger charge is 2.61. The van der Waals surface area contributed by atoms with Crippen LogP contribution in [0.3, 0.4) is 0 Å². The Morgan fingerprint density at radius 3 is 2.38 bits per heavy atom. The summed E-state index contributed by atoms with van der Waals surface area (Å²) in [5, 5.41) is 8.82. The van der Waals surface area contributed by atoms with Crippen LogP contribution in [-0.2, 0) is 16.1 Å². The van der Waals surface area contributed by atoms with Gasteiger partial charge in [0, 0.05) is 24.6 Å². The molecule has 3 aliphatic rings. The Morgan fingerprint density at radius 1 is 1.03 bits per heavy atom. The van der Waals surface area contributed by atoms with Gasteiger partial charge in [-0.1, -0.05) is 23.7 Å². The minimum Gasteiger partial charge on any atom is -0.425 e. The molecule has 2 saturated carbocycles. The van der Waals surface area contributed by atoms with Gasteiger partial charge in [-0.3, -0.25) is 14.5 Å². The number of amides is 2. The molecule has 0 unspecified atom stereocenters. The molecule has 8 nitrogen and oxygen atoms in total. The van der Waals surface area contributed by atoms with E-state index >= 15 is 0 Å². The first kappa shape index (κ1) is 21.2. The molecule has 1 saturated heterocycles. The standard InChI is InChI=1S/C24H21ClFN5O3/c25-17-5-8-19(27-11-17)30-13-20(32)31(12-14-1-6-18(26)7-2-14)24(23(30)33)9-16(10-24)22-29-28-21(34-22)15-3-4-15/h1-2,5-8,11,15-16H,3-4,9-10,12-13H2/t16-,24+. The summed E-state index contributed by atoms with van der Waals surface area (Å²) in [6.45, 7) is 0.0735. The monoisotopic (exact) mass is 481 g/mol. The van der Waals surface area contributed by atoms with E-state index in [0.717, 1.165) is 18.4 Å². The molecule has 2 aromatic heterocycles. The van der Waals surface area contributed by atoms with Crippen LogP contribution in [0.4, 0.5) is 10.2 Å². The van der Waals surface area contributed by atoms with E-state index in [2.05, 4.69) is 15.2 Å². The molecule has 0 bridgehead atoms. The van der Waals surface area contributed by atoms with Crippen LogP contribution < -0.4 is 4.90 Å². The fraction of sp³-hybridized carbons (Fsp3) is 0.375. The molecule has 3 fully saturated rings. The van der Waals surface area contributed by atoms with Gasteiger partial charge in [0.1, 0.15) is 23.7 Å². The van der Waals surface area contributed by atoms with E-state index < -0.39 is 5.54 Å². The summed E-state index contributed by atoms with van der Waals surface area (Å²) in [4.78, 5) is 34.5. The molecule has 6 rings (SSSR count). The van der Waals surface area contributed by atoms with E-state index in [4.69, 9.17) is 16.0 Å². The minimum atomic E-state index is -1.07. The van der Waals surface area contributed by atoms with E-state index in [1.165, 1.54) is 23.2 Å². The third kappa shape index (κ3) is 3.55. The topological polar surface area (TPSA) is 92.4 Å². The van der Waals surface area contributed by atoms with Gasteiger partial charge in [-0.15, -0.1) is 10.2 Å². The molecule has 2 aliphatic carbocycles. The Bertz CT molecular complexity index is 1250. The average molecular weight is 482 g/mol. The predicted octanol–water partition coefficient (Wildman–Crippen LogP) is 3.83. The lowest BCUT2D eigenvalue weighted by Gasteiger charge is -2.56. The fourth-order valence-electron chi connectivity index (χ4n) is 4.85. The fourth-order valence-corrected chi connectivity index (χ4v) is 4.97. The van der Waals surface area contributed by atoms with Crippen molar-refractivity contribution >= 4 is 29.2 Å². The lowest BCUT2D eigenvalue weighted by atomic mass is 9.65. The summed E-state index contributed by atoms with van der Waals surface area (Å²) >= 11 is 5.96. The summed E-state index contributed by atoms with van der Waals surface area (Å²) in [6.07, 6.45) is 4.30. The molecule has 34 heavy (non-hydrogen) atoms. The number of aromatic nitrogens is 3. The van der Waals surface area contributed by atoms with Crippen molar-refractivity contribution in [3.8, 4) is 0 Å². The minimum absolute atomic E-state index is 0.120. The van der Waals surface area contributed by atoms with Crippen LogP contribution in [0, 0.1) is 5.82 Å². The average Bonchev–Trinajstić information content (AvgIpc) is 3.54. The molecular weight excluding hydrogens is 461 g/mol. The van der Waals surface area contributed by atoms with Crippen LogP contribution in [0.1, 0.15) is 54.9 Å². The smallest absolute Gasteiger partial charge is 0.254 e. The summed E-state index contributed by atoms with van der Waals surface area (Å²) < 4.78 is 19.3. The van der Waals surface area contributed by atoms with Crippen molar-refractivity contribution in [1.82, 2.24) is 20.1 Å². The molecule has 2 amide bonds. The van der Waals surface area contributed by atoms with Gasteiger partial charge in [0.25, 0.3) is 5.91 Å². The van der Waals surface area contributed by atoms with Crippen molar-refractivity contribution in [2.45, 2.75) is 49.6 Å². The maximum absolute atomic E-state index is 13.8. The predicted molar refractivity (Wildman–Crippen MR) is 120 cm³/mol. The van der Waals surface area contributed by atoms with Crippen LogP contribution in [0.5, 0.6) is 0 Å². The number of hydrogen-bond acceptors (Lipinski definition) is 6. The molecule has 0 N–H and O–H groups in total. The number of hydrogen-bond donors (Lipinski definition) is 0. The number of carbonyl (C=O) groups is 2. The number of carbonyl (C=O) groups excluding carboxylic acids is 2. The number of nitrogens with zero attached hydrogens (tertiary/aromatic N) is 5. The number of rotatable bonds is 5. The maximum Gasteiger partial charge on any atom is 0.254 e. The lowest BCUT2D eigenvalue weighted by molar-refractivity contribution is -0.160. The SMILES string of the molecule is O=C1CN(c2ccc(Cl)cn2)C(=O)[C@]2(C[C@H](c3nnc(C4CC4)o3)C2)N1Cc1ccc(F)cc1. The van der Waals surface area contributed by atoms with Gasteiger partial charge in [-0.2, -0.15) is 0 Å². The number of benzene rings is 1. The highest BCUT2D eigenvalue weighted by atomic mass is 35.5. The van der Waals surface area contributed by atoms with Crippen molar-refractivity contribution in [1.29, 1.82) is 0 Å². The number of halogens is 2. The molecule has 3 heterocycles. The highest BCUT2D eigenvalue weighted by molar-refractivity contribution is 6.30. The molecular formula is C24H21ClFN5O3. The number of pyridine rings is 1. The Hall–Kier alpha value is -3.33. The molecule has 174 valence electrons. The van der Waals surface area contributed by atoms with Gasteiger partial charge in [-0.25, -0.2) is 9.37 Å². The molecule has 10 heteroatoms. The molecule has 1 spiro atoms. The highest BCUT2D eigenvalue weighted by Crippen LogP contribution is 2.52. The van der Waals surface area contributed by atoms with E-state index in [9.17, 15) is 14.0 Å². The lowest BCUT2D eigenvalue weighted by Crippen LogP contribution is -2.72. The third-order valence-electron chi connectivity index (χ3n) is 6.90. The Labute approximate surface area is 199 Å². The molecule has 0 radical (unpaired) electrons. The Kier molecular flexibility index (Phi) is 4.91. The Balaban J connectivity index is 1.31. The van der Waals surface area contributed by atoms with E-state index in [0.29, 0.717) is 41.4 Å². The number of piperazine rings is 1. The van der Waals surface area contributed by atoms with Gasteiger partial charge >= 0.3 is 0 Å². The van der Waals surface area contributed by atoms with Crippen molar-refractivity contribution in [2.75, 3.05) is 11.4 Å². The largest absolute Gasteiger partial charge is 0.425 e. The van der Waals surface area contributed by atoms with Crippen molar-refractivity contribution in [3.63, 3.8) is 0 Å². The maximum atomic E-state index is 13.8. The second-order valence-electron chi connectivity index (χ2n) is 9.22. The van der Waals surface area contributed by atoms with Crippen LogP contribution in [0.2, 0.25) is 5.02 Å². The van der Waals surface area contributed by atoms with Crippen LogP contribution in [0.15, 0.2) is 47.0 Å². The first-order chi connectivity index (χ1) is 16.4. The number of anilines is 1. The van der Waals surface area contributed by atoms with Crippen LogP contribution in [0.25, 0.3) is 0 Å². The zero-order chi connectivity index (χ0) is 23.4. The quantitative estimate of drug-likeness (QED) is 0.550. The van der Waals surface area contributed by atoms with Gasteiger partial charge in [-0.05, 0) is 55.5 Å².